The lowest BCUT2D eigenvalue weighted by atomic mass is 9.66. The first-order chi connectivity index (χ1) is 14.4. The monoisotopic (exact) mass is 421 g/mol. The van der Waals surface area contributed by atoms with Crippen LogP contribution < -0.4 is 5.32 Å². The van der Waals surface area contributed by atoms with Crippen LogP contribution in [0.3, 0.4) is 0 Å². The van der Waals surface area contributed by atoms with Crippen molar-refractivity contribution in [2.45, 2.75) is 45.6 Å². The average molecular weight is 421 g/mol. The summed E-state index contributed by atoms with van der Waals surface area (Å²) in [6, 6.07) is 15.0. The highest BCUT2D eigenvalue weighted by atomic mass is 16.6. The molecule has 162 valence electrons. The van der Waals surface area contributed by atoms with Crippen molar-refractivity contribution in [2.24, 2.45) is 5.92 Å². The third-order valence-corrected chi connectivity index (χ3v) is 5.30. The topological polar surface area (TPSA) is 89.5 Å². The van der Waals surface area contributed by atoms with Gasteiger partial charge in [-0.3, -0.25) is 19.2 Å². The molecule has 6 heteroatoms. The van der Waals surface area contributed by atoms with Crippen LogP contribution in [-0.4, -0.2) is 35.6 Å². The van der Waals surface area contributed by atoms with Crippen molar-refractivity contribution in [3.63, 3.8) is 0 Å². The van der Waals surface area contributed by atoms with Gasteiger partial charge in [0.2, 0.25) is 5.91 Å². The molecule has 31 heavy (non-hydrogen) atoms. The third-order valence-electron chi connectivity index (χ3n) is 5.30. The summed E-state index contributed by atoms with van der Waals surface area (Å²) in [4.78, 5) is 50.9. The van der Waals surface area contributed by atoms with Crippen molar-refractivity contribution in [1.82, 2.24) is 5.32 Å². The van der Waals surface area contributed by atoms with Gasteiger partial charge in [-0.25, -0.2) is 0 Å². The number of hydrogen-bond acceptors (Lipinski definition) is 5. The van der Waals surface area contributed by atoms with Gasteiger partial charge in [-0.2, -0.15) is 0 Å². The van der Waals surface area contributed by atoms with Crippen LogP contribution in [0, 0.1) is 5.92 Å². The zero-order valence-electron chi connectivity index (χ0n) is 18.4. The average Bonchev–Trinajstić information content (AvgIpc) is 2.70. The first-order valence-corrected chi connectivity index (χ1v) is 10.2. The van der Waals surface area contributed by atoms with E-state index in [1.54, 1.807) is 40.7 Å². The maximum atomic E-state index is 13.2. The Morgan fingerprint density at radius 2 is 1.65 bits per heavy atom. The number of ketones is 2. The van der Waals surface area contributed by atoms with Gasteiger partial charge in [-0.05, 0) is 57.4 Å². The first-order valence-electron chi connectivity index (χ1n) is 10.2. The fraction of sp³-hybridized carbons (Fsp3) is 0.360. The van der Waals surface area contributed by atoms with E-state index in [0.29, 0.717) is 11.1 Å². The molecule has 3 rings (SSSR count). The summed E-state index contributed by atoms with van der Waals surface area (Å²) >= 11 is 0. The Morgan fingerprint density at radius 1 is 1.00 bits per heavy atom. The zero-order chi connectivity index (χ0) is 23.0. The van der Waals surface area contributed by atoms with Crippen molar-refractivity contribution in [3.05, 3.63) is 59.7 Å². The molecule has 1 aliphatic rings. The van der Waals surface area contributed by atoms with Crippen LogP contribution >= 0.6 is 0 Å². The molecule has 6 nitrogen and oxygen atoms in total. The number of rotatable bonds is 4. The molecule has 1 atom stereocenters. The smallest absolute Gasteiger partial charge is 0.325 e. The molecule has 0 aliphatic heterocycles. The SMILES string of the molecule is CC(C)(C)OC(=O)CNC(=O)C1C(=O)c2ccc(-c3ccccc3)cc2C(C)(C)C1=O. The summed E-state index contributed by atoms with van der Waals surface area (Å²) in [5, 5.41) is 2.39. The summed E-state index contributed by atoms with van der Waals surface area (Å²) in [5.41, 5.74) is 1.07. The minimum absolute atomic E-state index is 0.349. The maximum Gasteiger partial charge on any atom is 0.325 e. The number of ether oxygens (including phenoxy) is 1. The Labute approximate surface area is 182 Å². The lowest BCUT2D eigenvalue weighted by molar-refractivity contribution is -0.155. The molecule has 0 saturated carbocycles. The third kappa shape index (κ3) is 4.58. The number of amides is 1. The molecule has 1 amide bonds. The molecule has 0 bridgehead atoms. The Hall–Kier alpha value is -3.28. The van der Waals surface area contributed by atoms with E-state index in [-0.39, 0.29) is 0 Å². The molecule has 0 aromatic heterocycles. The highest BCUT2D eigenvalue weighted by molar-refractivity contribution is 6.29. The Balaban J connectivity index is 1.87. The van der Waals surface area contributed by atoms with Gasteiger partial charge in [-0.1, -0.05) is 42.5 Å². The first kappa shape index (κ1) is 22.4. The van der Waals surface area contributed by atoms with E-state index in [2.05, 4.69) is 5.32 Å². The molecule has 0 spiro atoms. The Kier molecular flexibility index (Phi) is 5.85. The van der Waals surface area contributed by atoms with Gasteiger partial charge in [0.05, 0.1) is 5.41 Å². The van der Waals surface area contributed by atoms with E-state index in [4.69, 9.17) is 4.74 Å². The van der Waals surface area contributed by atoms with Crippen LogP contribution in [0.4, 0.5) is 0 Å². The molecule has 2 aromatic carbocycles. The van der Waals surface area contributed by atoms with Crippen molar-refractivity contribution in [3.8, 4) is 11.1 Å². The van der Waals surface area contributed by atoms with E-state index >= 15 is 0 Å². The van der Waals surface area contributed by atoms with Crippen LogP contribution in [-0.2, 0) is 24.5 Å². The summed E-state index contributed by atoms with van der Waals surface area (Å²) in [6.07, 6.45) is 0. The molecule has 1 N–H and O–H groups in total. The van der Waals surface area contributed by atoms with Crippen LogP contribution in [0.2, 0.25) is 0 Å². The minimum Gasteiger partial charge on any atom is -0.459 e. The van der Waals surface area contributed by atoms with Crippen LogP contribution in [0.25, 0.3) is 11.1 Å². The van der Waals surface area contributed by atoms with Crippen LogP contribution in [0.15, 0.2) is 48.5 Å². The molecule has 2 aromatic rings. The van der Waals surface area contributed by atoms with Gasteiger partial charge in [0.25, 0.3) is 0 Å². The number of benzene rings is 2. The van der Waals surface area contributed by atoms with Crippen LogP contribution in [0.5, 0.6) is 0 Å². The maximum absolute atomic E-state index is 13.2. The molecule has 1 unspecified atom stereocenters. The molecule has 0 fully saturated rings. The second kappa shape index (κ2) is 8.10. The number of carbonyl (C=O) groups is 4. The lowest BCUT2D eigenvalue weighted by Crippen LogP contribution is -2.51. The fourth-order valence-corrected chi connectivity index (χ4v) is 3.73. The highest BCUT2D eigenvalue weighted by Crippen LogP contribution is 2.39. The van der Waals surface area contributed by atoms with Gasteiger partial charge in [-0.15, -0.1) is 0 Å². The van der Waals surface area contributed by atoms with Crippen molar-refractivity contribution < 1.29 is 23.9 Å². The second-order valence-corrected chi connectivity index (χ2v) is 9.22. The standard InChI is InChI=1S/C25H27NO5/c1-24(2,3)31-19(27)14-26-23(30)20-21(28)17-12-11-16(15-9-7-6-8-10-15)13-18(17)25(4,5)22(20)29/h6-13,20H,14H2,1-5H3,(H,26,30). The second-order valence-electron chi connectivity index (χ2n) is 9.22. The predicted molar refractivity (Wildman–Crippen MR) is 117 cm³/mol. The predicted octanol–water partition coefficient (Wildman–Crippen LogP) is 3.47. The van der Waals surface area contributed by atoms with Crippen LogP contribution in [0.1, 0.15) is 50.5 Å². The summed E-state index contributed by atoms with van der Waals surface area (Å²) < 4.78 is 5.16. The number of esters is 1. The van der Waals surface area contributed by atoms with E-state index in [1.807, 2.05) is 42.5 Å². The van der Waals surface area contributed by atoms with E-state index < -0.39 is 46.9 Å². The molecule has 0 radical (unpaired) electrons. The van der Waals surface area contributed by atoms with Crippen molar-refractivity contribution in [1.29, 1.82) is 0 Å². The molecular formula is C25H27NO5. The Bertz CT molecular complexity index is 1050. The fourth-order valence-electron chi connectivity index (χ4n) is 3.73. The summed E-state index contributed by atoms with van der Waals surface area (Å²) in [7, 11) is 0. The van der Waals surface area contributed by atoms with E-state index in [1.165, 1.54) is 0 Å². The molecule has 1 aliphatic carbocycles. The van der Waals surface area contributed by atoms with Gasteiger partial charge >= 0.3 is 5.97 Å². The molecule has 0 heterocycles. The number of carbonyl (C=O) groups excluding carboxylic acids is 4. The Morgan fingerprint density at radius 3 is 2.26 bits per heavy atom. The number of nitrogens with one attached hydrogen (secondary N) is 1. The largest absolute Gasteiger partial charge is 0.459 e. The summed E-state index contributed by atoms with van der Waals surface area (Å²) in [6.45, 7) is 8.15. The van der Waals surface area contributed by atoms with Crippen molar-refractivity contribution in [2.75, 3.05) is 6.54 Å². The van der Waals surface area contributed by atoms with Gasteiger partial charge in [0.15, 0.2) is 17.5 Å². The summed E-state index contributed by atoms with van der Waals surface area (Å²) in [5.74, 6) is -3.96. The lowest BCUT2D eigenvalue weighted by Gasteiger charge is -2.34. The van der Waals surface area contributed by atoms with E-state index in [0.717, 1.165) is 11.1 Å². The van der Waals surface area contributed by atoms with Gasteiger partial charge in [0.1, 0.15) is 12.1 Å². The number of hydrogen-bond donors (Lipinski definition) is 1. The van der Waals surface area contributed by atoms with Gasteiger partial charge < -0.3 is 10.1 Å². The highest BCUT2D eigenvalue weighted by Gasteiger charge is 2.49. The molecule has 0 saturated heterocycles. The number of Topliss-reactive ketones (excluding diaryl/α,β-unsaturated/α-hetero) is 2. The molecular weight excluding hydrogens is 394 g/mol. The number of fused-ring (bicyclic) bond motifs is 1. The van der Waals surface area contributed by atoms with E-state index in [9.17, 15) is 19.2 Å². The van der Waals surface area contributed by atoms with Crippen molar-refractivity contribution >= 4 is 23.4 Å². The normalized spacial score (nSPS) is 17.6. The van der Waals surface area contributed by atoms with Gasteiger partial charge in [0, 0.05) is 5.56 Å². The zero-order valence-corrected chi connectivity index (χ0v) is 18.4. The minimum atomic E-state index is -1.49. The quantitative estimate of drug-likeness (QED) is 0.603.